The minimum absolute atomic E-state index is 0.155. The Balaban J connectivity index is 1.51. The van der Waals surface area contributed by atoms with Crippen molar-refractivity contribution in [3.05, 3.63) is 16.1 Å². The van der Waals surface area contributed by atoms with Gasteiger partial charge in [0.15, 0.2) is 0 Å². The largest absolute Gasteiger partial charge is 0.373 e. The van der Waals surface area contributed by atoms with Gasteiger partial charge in [0.2, 0.25) is 0 Å². The van der Waals surface area contributed by atoms with Crippen molar-refractivity contribution in [2.75, 3.05) is 33.3 Å². The van der Waals surface area contributed by atoms with Crippen molar-refractivity contribution in [1.29, 1.82) is 0 Å². The number of nitrogens with zero attached hydrogens (tertiary/aromatic N) is 3. The molecule has 1 aromatic rings. The first-order valence-electron chi connectivity index (χ1n) is 8.08. The van der Waals surface area contributed by atoms with E-state index in [4.69, 9.17) is 4.74 Å². The van der Waals surface area contributed by atoms with Crippen molar-refractivity contribution >= 4 is 11.3 Å². The van der Waals surface area contributed by atoms with Crippen LogP contribution >= 0.6 is 11.3 Å². The Morgan fingerprint density at radius 3 is 2.86 bits per heavy atom. The van der Waals surface area contributed by atoms with Crippen LogP contribution < -0.4 is 0 Å². The fraction of sp³-hybridized carbons (Fsp3) is 0.812. The van der Waals surface area contributed by atoms with Gasteiger partial charge in [0.05, 0.1) is 22.9 Å². The van der Waals surface area contributed by atoms with Crippen molar-refractivity contribution in [2.24, 2.45) is 0 Å². The SMILES string of the molecule is CCN(C)[C@H]1COC2(CCN(Cc3csc(C)n3)CC2)C1. The summed E-state index contributed by atoms with van der Waals surface area (Å²) in [6.07, 6.45) is 3.55. The molecule has 2 aliphatic rings. The van der Waals surface area contributed by atoms with Crippen LogP contribution in [0.25, 0.3) is 0 Å². The van der Waals surface area contributed by atoms with E-state index in [0.29, 0.717) is 6.04 Å². The van der Waals surface area contributed by atoms with E-state index in [2.05, 4.69) is 41.1 Å². The monoisotopic (exact) mass is 309 g/mol. The zero-order valence-electron chi connectivity index (χ0n) is 13.5. The van der Waals surface area contributed by atoms with Crippen molar-refractivity contribution in [3.63, 3.8) is 0 Å². The van der Waals surface area contributed by atoms with E-state index in [1.54, 1.807) is 11.3 Å². The predicted octanol–water partition coefficient (Wildman–Crippen LogP) is 2.53. The number of aromatic nitrogens is 1. The zero-order valence-corrected chi connectivity index (χ0v) is 14.3. The minimum Gasteiger partial charge on any atom is -0.373 e. The Bertz CT molecular complexity index is 468. The highest BCUT2D eigenvalue weighted by Crippen LogP contribution is 2.37. The summed E-state index contributed by atoms with van der Waals surface area (Å²) in [4.78, 5) is 9.54. The molecule has 2 saturated heterocycles. The van der Waals surface area contributed by atoms with Gasteiger partial charge in [-0.1, -0.05) is 6.92 Å². The lowest BCUT2D eigenvalue weighted by molar-refractivity contribution is -0.0453. The number of aryl methyl sites for hydroxylation is 1. The van der Waals surface area contributed by atoms with Crippen LogP contribution in [0, 0.1) is 6.92 Å². The average molecular weight is 309 g/mol. The first-order chi connectivity index (χ1) is 10.1. The maximum absolute atomic E-state index is 6.24. The van der Waals surface area contributed by atoms with E-state index >= 15 is 0 Å². The quantitative estimate of drug-likeness (QED) is 0.854. The molecule has 3 rings (SSSR count). The van der Waals surface area contributed by atoms with Crippen molar-refractivity contribution < 1.29 is 4.74 Å². The second-order valence-electron chi connectivity index (χ2n) is 6.56. The number of ether oxygens (including phenoxy) is 1. The van der Waals surface area contributed by atoms with Gasteiger partial charge in [-0.25, -0.2) is 4.98 Å². The smallest absolute Gasteiger partial charge is 0.0897 e. The lowest BCUT2D eigenvalue weighted by Gasteiger charge is -2.38. The third-order valence-corrected chi connectivity index (χ3v) is 5.95. The van der Waals surface area contributed by atoms with Gasteiger partial charge in [-0.05, 0) is 39.8 Å². The van der Waals surface area contributed by atoms with Crippen LogP contribution in [0.4, 0.5) is 0 Å². The molecule has 1 atom stereocenters. The molecule has 3 heterocycles. The van der Waals surface area contributed by atoms with Crippen molar-refractivity contribution in [1.82, 2.24) is 14.8 Å². The van der Waals surface area contributed by atoms with E-state index in [0.717, 1.165) is 32.8 Å². The summed E-state index contributed by atoms with van der Waals surface area (Å²) < 4.78 is 6.24. The first-order valence-corrected chi connectivity index (χ1v) is 8.96. The molecule has 4 nitrogen and oxygen atoms in total. The molecule has 0 unspecified atom stereocenters. The Morgan fingerprint density at radius 2 is 2.24 bits per heavy atom. The molecule has 0 aliphatic carbocycles. The van der Waals surface area contributed by atoms with Crippen molar-refractivity contribution in [3.8, 4) is 0 Å². The summed E-state index contributed by atoms with van der Waals surface area (Å²) in [6, 6.07) is 0.614. The van der Waals surface area contributed by atoms with E-state index in [1.165, 1.54) is 30.0 Å². The number of likely N-dealkylation sites (N-methyl/N-ethyl adjacent to an activating group) is 1. The highest BCUT2D eigenvalue weighted by Gasteiger charge is 2.43. The van der Waals surface area contributed by atoms with Gasteiger partial charge in [-0.2, -0.15) is 0 Å². The van der Waals surface area contributed by atoms with E-state index < -0.39 is 0 Å². The predicted molar refractivity (Wildman–Crippen MR) is 86.8 cm³/mol. The molecule has 0 saturated carbocycles. The molecule has 118 valence electrons. The summed E-state index contributed by atoms with van der Waals surface area (Å²) in [6.45, 7) is 9.60. The molecule has 0 radical (unpaired) electrons. The van der Waals surface area contributed by atoms with Crippen LogP contribution in [-0.4, -0.2) is 59.7 Å². The number of likely N-dealkylation sites (tertiary alicyclic amines) is 1. The number of thiazole rings is 1. The molecular weight excluding hydrogens is 282 g/mol. The lowest BCUT2D eigenvalue weighted by Crippen LogP contribution is -2.44. The molecule has 21 heavy (non-hydrogen) atoms. The number of rotatable bonds is 4. The number of hydrogen-bond donors (Lipinski definition) is 0. The summed E-state index contributed by atoms with van der Waals surface area (Å²) in [7, 11) is 2.22. The normalized spacial score (nSPS) is 26.0. The van der Waals surface area contributed by atoms with Crippen molar-refractivity contribution in [2.45, 2.75) is 51.3 Å². The van der Waals surface area contributed by atoms with Gasteiger partial charge >= 0.3 is 0 Å². The van der Waals surface area contributed by atoms with E-state index in [-0.39, 0.29) is 5.60 Å². The molecule has 0 amide bonds. The van der Waals surface area contributed by atoms with Gasteiger partial charge in [0.1, 0.15) is 0 Å². The summed E-state index contributed by atoms with van der Waals surface area (Å²) in [5.41, 5.74) is 1.38. The molecule has 5 heteroatoms. The Hall–Kier alpha value is -0.490. The molecule has 2 aliphatic heterocycles. The molecule has 1 aromatic heterocycles. The molecule has 0 N–H and O–H groups in total. The molecule has 0 aromatic carbocycles. The second kappa shape index (κ2) is 6.32. The summed E-state index contributed by atoms with van der Waals surface area (Å²) in [5.74, 6) is 0. The van der Waals surface area contributed by atoms with Crippen LogP contribution in [0.2, 0.25) is 0 Å². The topological polar surface area (TPSA) is 28.6 Å². The summed E-state index contributed by atoms with van der Waals surface area (Å²) >= 11 is 1.75. The fourth-order valence-corrected chi connectivity index (χ4v) is 4.14. The number of piperidine rings is 1. The van der Waals surface area contributed by atoms with Gasteiger partial charge in [0.25, 0.3) is 0 Å². The Morgan fingerprint density at radius 1 is 1.48 bits per heavy atom. The number of hydrogen-bond acceptors (Lipinski definition) is 5. The highest BCUT2D eigenvalue weighted by molar-refractivity contribution is 7.09. The average Bonchev–Trinajstić information content (AvgIpc) is 3.08. The van der Waals surface area contributed by atoms with Crippen LogP contribution in [0.3, 0.4) is 0 Å². The molecule has 0 bridgehead atoms. The van der Waals surface area contributed by atoms with Crippen LogP contribution in [0.15, 0.2) is 5.38 Å². The van der Waals surface area contributed by atoms with Crippen LogP contribution in [0.1, 0.15) is 36.9 Å². The molecule has 1 spiro atoms. The van der Waals surface area contributed by atoms with Crippen LogP contribution in [-0.2, 0) is 11.3 Å². The summed E-state index contributed by atoms with van der Waals surface area (Å²) in [5, 5.41) is 3.36. The maximum atomic E-state index is 6.24. The third kappa shape index (κ3) is 3.47. The van der Waals surface area contributed by atoms with Gasteiger partial charge in [0, 0.05) is 31.1 Å². The Kier molecular flexibility index (Phi) is 4.64. The second-order valence-corrected chi connectivity index (χ2v) is 7.62. The Labute approximate surface area is 132 Å². The lowest BCUT2D eigenvalue weighted by atomic mass is 9.87. The minimum atomic E-state index is 0.155. The zero-order chi connectivity index (χ0) is 14.9. The highest BCUT2D eigenvalue weighted by atomic mass is 32.1. The maximum Gasteiger partial charge on any atom is 0.0897 e. The first kappa shape index (κ1) is 15.4. The van der Waals surface area contributed by atoms with E-state index in [1.807, 2.05) is 0 Å². The van der Waals surface area contributed by atoms with Crippen LogP contribution in [0.5, 0.6) is 0 Å². The fourth-order valence-electron chi connectivity index (χ4n) is 3.54. The van der Waals surface area contributed by atoms with E-state index in [9.17, 15) is 0 Å². The van der Waals surface area contributed by atoms with Gasteiger partial charge in [-0.15, -0.1) is 11.3 Å². The molecular formula is C16H27N3OS. The van der Waals surface area contributed by atoms with Gasteiger partial charge in [-0.3, -0.25) is 4.90 Å². The standard InChI is InChI=1S/C16H27N3OS/c1-4-18(3)15-9-16(20-11-15)5-7-19(8-6-16)10-14-12-21-13(2)17-14/h12,15H,4-11H2,1-3H3/t15-/m1/s1. The third-order valence-electron chi connectivity index (χ3n) is 5.13. The van der Waals surface area contributed by atoms with Gasteiger partial charge < -0.3 is 9.64 Å². The molecule has 2 fully saturated rings.